The molecule has 1 aliphatic rings. The topological polar surface area (TPSA) is 63.0 Å². The Morgan fingerprint density at radius 3 is 2.96 bits per heavy atom. The van der Waals surface area contributed by atoms with E-state index in [2.05, 4.69) is 26.3 Å². The van der Waals surface area contributed by atoms with Gasteiger partial charge >= 0.3 is 0 Å². The minimum Gasteiger partial charge on any atom is -0.392 e. The van der Waals surface area contributed by atoms with E-state index in [1.165, 1.54) is 17.8 Å². The molecule has 0 bridgehead atoms. The van der Waals surface area contributed by atoms with Gasteiger partial charge in [-0.25, -0.2) is 9.97 Å². The van der Waals surface area contributed by atoms with Crippen LogP contribution in [0.5, 0.6) is 0 Å². The summed E-state index contributed by atoms with van der Waals surface area (Å²) in [7, 11) is 0. The molecule has 1 fully saturated rings. The average molecular weight is 328 g/mol. The fraction of sp³-hybridized carbons (Fsp3) is 0.412. The van der Waals surface area contributed by atoms with Gasteiger partial charge in [-0.3, -0.25) is 0 Å². The van der Waals surface area contributed by atoms with Crippen LogP contribution in [0.15, 0.2) is 29.6 Å². The summed E-state index contributed by atoms with van der Waals surface area (Å²) < 4.78 is 2.14. The van der Waals surface area contributed by atoms with Crippen LogP contribution >= 0.6 is 11.3 Å². The number of fused-ring (bicyclic) bond motifs is 1. The number of aromatic nitrogens is 3. The van der Waals surface area contributed by atoms with Gasteiger partial charge in [0, 0.05) is 17.8 Å². The minimum absolute atomic E-state index is 0.413. The molecule has 0 radical (unpaired) electrons. The summed E-state index contributed by atoms with van der Waals surface area (Å²) in [5.74, 6) is 1.48. The molecule has 1 aromatic carbocycles. The van der Waals surface area contributed by atoms with Gasteiger partial charge in [-0.1, -0.05) is 12.1 Å². The molecule has 2 aromatic heterocycles. The number of hydrogen-bond acceptors (Lipinski definition) is 5. The molecule has 0 spiro atoms. The van der Waals surface area contributed by atoms with Gasteiger partial charge in [0.15, 0.2) is 0 Å². The van der Waals surface area contributed by atoms with Gasteiger partial charge < -0.3 is 15.0 Å². The number of thiazole rings is 1. The Labute approximate surface area is 139 Å². The lowest BCUT2D eigenvalue weighted by Gasteiger charge is -2.11. The Kier molecular flexibility index (Phi) is 3.79. The monoisotopic (exact) mass is 328 g/mol. The van der Waals surface area contributed by atoms with Gasteiger partial charge in [0.05, 0.1) is 34.4 Å². The van der Waals surface area contributed by atoms with Gasteiger partial charge in [0.2, 0.25) is 5.95 Å². The summed E-state index contributed by atoms with van der Waals surface area (Å²) in [6, 6.07) is 8.10. The molecule has 0 saturated heterocycles. The molecule has 6 heteroatoms. The van der Waals surface area contributed by atoms with E-state index in [0.29, 0.717) is 19.0 Å². The maximum absolute atomic E-state index is 9.53. The lowest BCUT2D eigenvalue weighted by Crippen LogP contribution is -2.18. The van der Waals surface area contributed by atoms with Crippen LogP contribution in [0.25, 0.3) is 11.0 Å². The smallest absolute Gasteiger partial charge is 0.204 e. The quantitative estimate of drug-likeness (QED) is 0.729. The molecule has 1 atom stereocenters. The second-order valence-corrected chi connectivity index (χ2v) is 7.08. The van der Waals surface area contributed by atoms with Gasteiger partial charge in [-0.15, -0.1) is 11.3 Å². The van der Waals surface area contributed by atoms with E-state index in [4.69, 9.17) is 4.98 Å². The van der Waals surface area contributed by atoms with Crippen molar-refractivity contribution in [3.8, 4) is 0 Å². The molecule has 0 aliphatic heterocycles. The predicted octanol–water partition coefficient (Wildman–Crippen LogP) is 3.21. The lowest BCUT2D eigenvalue weighted by atomic mass is 10.3. The number of aliphatic hydroxyl groups is 1. The SMILES string of the molecule is CC(O)CNc1nc2ccccc2n1Cc1csc(C2CC2)n1. The normalized spacial score (nSPS) is 15.9. The van der Waals surface area contributed by atoms with Crippen LogP contribution in [0.1, 0.15) is 36.4 Å². The summed E-state index contributed by atoms with van der Waals surface area (Å²) in [4.78, 5) is 9.43. The van der Waals surface area contributed by atoms with Crippen LogP contribution in [-0.4, -0.2) is 32.3 Å². The standard InChI is InChI=1S/C17H20N4OS/c1-11(22)8-18-17-20-14-4-2-3-5-15(14)21(17)9-13-10-23-16(19-13)12-6-7-12/h2-5,10-12,22H,6-9H2,1H3,(H,18,20). The Bertz CT molecular complexity index is 819. The third-order valence-corrected chi connectivity index (χ3v) is 5.08. The van der Waals surface area contributed by atoms with Crippen molar-refractivity contribution < 1.29 is 5.11 Å². The van der Waals surface area contributed by atoms with Crippen LogP contribution in [-0.2, 0) is 6.54 Å². The van der Waals surface area contributed by atoms with Crippen molar-refractivity contribution in [2.24, 2.45) is 0 Å². The first-order valence-corrected chi connectivity index (χ1v) is 8.90. The first kappa shape index (κ1) is 14.7. The molecular weight excluding hydrogens is 308 g/mol. The van der Waals surface area contributed by atoms with E-state index >= 15 is 0 Å². The summed E-state index contributed by atoms with van der Waals surface area (Å²) in [6.45, 7) is 2.95. The number of para-hydroxylation sites is 2. The largest absolute Gasteiger partial charge is 0.392 e. The highest BCUT2D eigenvalue weighted by molar-refractivity contribution is 7.09. The second kappa shape index (κ2) is 5.94. The minimum atomic E-state index is -0.413. The third-order valence-electron chi connectivity index (χ3n) is 4.03. The maximum atomic E-state index is 9.53. The number of benzene rings is 1. The van der Waals surface area contributed by atoms with Crippen LogP contribution in [0, 0.1) is 0 Å². The van der Waals surface area contributed by atoms with Crippen molar-refractivity contribution in [2.75, 3.05) is 11.9 Å². The van der Waals surface area contributed by atoms with Gasteiger partial charge in [0.25, 0.3) is 0 Å². The Hall–Kier alpha value is -1.92. The number of imidazole rings is 1. The summed E-state index contributed by atoms with van der Waals surface area (Å²) in [6.07, 6.45) is 2.15. The van der Waals surface area contributed by atoms with E-state index < -0.39 is 6.10 Å². The molecule has 1 aliphatic carbocycles. The average Bonchev–Trinajstić information content (AvgIpc) is 3.19. The number of hydrogen-bond donors (Lipinski definition) is 2. The van der Waals surface area contributed by atoms with Crippen molar-refractivity contribution in [1.29, 1.82) is 0 Å². The van der Waals surface area contributed by atoms with E-state index in [1.807, 2.05) is 18.2 Å². The first-order chi connectivity index (χ1) is 11.2. The van der Waals surface area contributed by atoms with E-state index in [0.717, 1.165) is 22.7 Å². The van der Waals surface area contributed by atoms with Crippen molar-refractivity contribution in [3.05, 3.63) is 40.3 Å². The number of anilines is 1. The number of nitrogens with one attached hydrogen (secondary N) is 1. The predicted molar refractivity (Wildman–Crippen MR) is 93.1 cm³/mol. The fourth-order valence-electron chi connectivity index (χ4n) is 2.68. The Morgan fingerprint density at radius 1 is 1.35 bits per heavy atom. The first-order valence-electron chi connectivity index (χ1n) is 8.02. The van der Waals surface area contributed by atoms with Crippen LogP contribution in [0.3, 0.4) is 0 Å². The van der Waals surface area contributed by atoms with Crippen molar-refractivity contribution in [1.82, 2.24) is 14.5 Å². The highest BCUT2D eigenvalue weighted by Crippen LogP contribution is 2.41. The molecule has 5 nitrogen and oxygen atoms in total. The van der Waals surface area contributed by atoms with Gasteiger partial charge in [0.1, 0.15) is 0 Å². The van der Waals surface area contributed by atoms with Gasteiger partial charge in [-0.2, -0.15) is 0 Å². The molecule has 120 valence electrons. The fourth-order valence-corrected chi connectivity index (χ4v) is 3.67. The van der Waals surface area contributed by atoms with Crippen LogP contribution in [0.2, 0.25) is 0 Å². The number of rotatable bonds is 6. The van der Waals surface area contributed by atoms with Crippen molar-refractivity contribution >= 4 is 28.3 Å². The zero-order chi connectivity index (χ0) is 15.8. The van der Waals surface area contributed by atoms with Crippen LogP contribution in [0.4, 0.5) is 5.95 Å². The Balaban J connectivity index is 1.66. The number of nitrogens with zero attached hydrogens (tertiary/aromatic N) is 3. The zero-order valence-corrected chi connectivity index (χ0v) is 13.9. The lowest BCUT2D eigenvalue weighted by molar-refractivity contribution is 0.208. The molecule has 2 heterocycles. The molecular formula is C17H20N4OS. The third kappa shape index (κ3) is 3.09. The van der Waals surface area contributed by atoms with E-state index in [-0.39, 0.29) is 0 Å². The molecule has 1 unspecified atom stereocenters. The van der Waals surface area contributed by atoms with Gasteiger partial charge in [-0.05, 0) is 31.9 Å². The maximum Gasteiger partial charge on any atom is 0.204 e. The summed E-state index contributed by atoms with van der Waals surface area (Å²) >= 11 is 1.77. The van der Waals surface area contributed by atoms with Crippen molar-refractivity contribution in [2.45, 2.75) is 38.3 Å². The number of aliphatic hydroxyl groups excluding tert-OH is 1. The highest BCUT2D eigenvalue weighted by atomic mass is 32.1. The Morgan fingerprint density at radius 2 is 2.17 bits per heavy atom. The summed E-state index contributed by atoms with van der Waals surface area (Å²) in [5.41, 5.74) is 3.12. The molecule has 23 heavy (non-hydrogen) atoms. The summed E-state index contributed by atoms with van der Waals surface area (Å²) in [5, 5.41) is 16.2. The van der Waals surface area contributed by atoms with E-state index in [9.17, 15) is 5.11 Å². The zero-order valence-electron chi connectivity index (χ0n) is 13.1. The molecule has 2 N–H and O–H groups in total. The second-order valence-electron chi connectivity index (χ2n) is 6.19. The van der Waals surface area contributed by atoms with Crippen molar-refractivity contribution in [3.63, 3.8) is 0 Å². The molecule has 4 rings (SSSR count). The molecule has 0 amide bonds. The highest BCUT2D eigenvalue weighted by Gasteiger charge is 2.26. The van der Waals surface area contributed by atoms with E-state index in [1.54, 1.807) is 18.3 Å². The molecule has 3 aromatic rings. The van der Waals surface area contributed by atoms with Crippen LogP contribution < -0.4 is 5.32 Å². The molecule has 1 saturated carbocycles.